The first-order valence-electron chi connectivity index (χ1n) is 8.96. The largest absolute Gasteiger partial charge is 0.392 e. The van der Waals surface area contributed by atoms with Gasteiger partial charge in [0, 0.05) is 23.0 Å². The molecular weight excluding hydrogens is 350 g/mol. The molecule has 0 saturated heterocycles. The second-order valence-corrected chi connectivity index (χ2v) is 6.33. The summed E-state index contributed by atoms with van der Waals surface area (Å²) < 4.78 is 1.86. The molecule has 0 aliphatic carbocycles. The predicted molar refractivity (Wildman–Crippen MR) is 109 cm³/mol. The fourth-order valence-electron chi connectivity index (χ4n) is 2.94. The number of hydrogen-bond acceptors (Lipinski definition) is 3. The van der Waals surface area contributed by atoms with Gasteiger partial charge in [0.05, 0.1) is 12.3 Å². The number of benzene rings is 3. The Morgan fingerprint density at radius 1 is 0.893 bits per heavy atom. The Labute approximate surface area is 162 Å². The number of aromatic nitrogens is 2. The van der Waals surface area contributed by atoms with Crippen LogP contribution < -0.4 is 5.32 Å². The average molecular weight is 369 g/mol. The molecule has 0 spiro atoms. The van der Waals surface area contributed by atoms with E-state index in [9.17, 15) is 4.79 Å². The molecule has 0 saturated carbocycles. The third-order valence-corrected chi connectivity index (χ3v) is 4.43. The summed E-state index contributed by atoms with van der Waals surface area (Å²) in [5.41, 5.74) is 3.91. The maximum atomic E-state index is 12.7. The van der Waals surface area contributed by atoms with Crippen molar-refractivity contribution in [3.05, 3.63) is 102 Å². The van der Waals surface area contributed by atoms with E-state index in [1.807, 2.05) is 71.4 Å². The van der Waals surface area contributed by atoms with E-state index in [0.29, 0.717) is 11.5 Å². The molecule has 0 aliphatic heterocycles. The normalized spacial score (nSPS) is 10.6. The first kappa shape index (κ1) is 17.7. The lowest BCUT2D eigenvalue weighted by molar-refractivity contribution is 0.102. The number of carbonyl (C=O) groups is 1. The molecule has 0 bridgehead atoms. The molecule has 138 valence electrons. The van der Waals surface area contributed by atoms with E-state index >= 15 is 0 Å². The van der Waals surface area contributed by atoms with Crippen molar-refractivity contribution in [2.75, 3.05) is 5.32 Å². The number of nitrogens with one attached hydrogen (secondary N) is 1. The minimum atomic E-state index is -0.258. The summed E-state index contributed by atoms with van der Waals surface area (Å²) in [4.78, 5) is 17.4. The minimum Gasteiger partial charge on any atom is -0.392 e. The number of anilines is 1. The van der Waals surface area contributed by atoms with Gasteiger partial charge in [0.25, 0.3) is 5.91 Å². The van der Waals surface area contributed by atoms with Gasteiger partial charge >= 0.3 is 0 Å². The average Bonchev–Trinajstić information content (AvgIpc) is 3.19. The van der Waals surface area contributed by atoms with Gasteiger partial charge in [-0.15, -0.1) is 0 Å². The zero-order chi connectivity index (χ0) is 19.3. The van der Waals surface area contributed by atoms with Crippen molar-refractivity contribution in [1.82, 2.24) is 9.55 Å². The number of carbonyl (C=O) groups excluding carboxylic acids is 1. The summed E-state index contributed by atoms with van der Waals surface area (Å²) in [5, 5.41) is 12.1. The SMILES string of the molecule is O=C(Nc1nc(-c2ccccc2)cn1-c1ccccc1)c1ccc(CO)cc1. The summed E-state index contributed by atoms with van der Waals surface area (Å²) in [5.74, 6) is 0.188. The van der Waals surface area contributed by atoms with Crippen LogP contribution in [0, 0.1) is 0 Å². The molecule has 2 N–H and O–H groups in total. The first-order valence-corrected chi connectivity index (χ1v) is 8.96. The van der Waals surface area contributed by atoms with Crippen LogP contribution in [0.4, 0.5) is 5.95 Å². The molecular formula is C23H19N3O2. The Bertz CT molecular complexity index is 1070. The van der Waals surface area contributed by atoms with Crippen LogP contribution in [0.5, 0.6) is 0 Å². The number of aliphatic hydroxyl groups is 1. The fourth-order valence-corrected chi connectivity index (χ4v) is 2.94. The molecule has 4 rings (SSSR count). The van der Waals surface area contributed by atoms with Crippen molar-refractivity contribution < 1.29 is 9.90 Å². The van der Waals surface area contributed by atoms with Crippen molar-refractivity contribution in [3.63, 3.8) is 0 Å². The summed E-state index contributed by atoms with van der Waals surface area (Å²) in [6, 6.07) is 26.4. The van der Waals surface area contributed by atoms with Crippen LogP contribution in [0.15, 0.2) is 91.1 Å². The second kappa shape index (κ2) is 7.90. The number of amides is 1. The summed E-state index contributed by atoms with van der Waals surface area (Å²) in [6.07, 6.45) is 1.91. The molecule has 28 heavy (non-hydrogen) atoms. The molecule has 3 aromatic carbocycles. The van der Waals surface area contributed by atoms with E-state index in [4.69, 9.17) is 5.11 Å². The third-order valence-electron chi connectivity index (χ3n) is 4.43. The van der Waals surface area contributed by atoms with Gasteiger partial charge in [-0.1, -0.05) is 60.7 Å². The standard InChI is InChI=1S/C23H19N3O2/c27-16-17-11-13-19(14-12-17)22(28)25-23-24-21(18-7-3-1-4-8-18)15-26(23)20-9-5-2-6-10-20/h1-15,27H,16H2,(H,24,25,28). The Hall–Kier alpha value is -3.70. The van der Waals surface area contributed by atoms with E-state index in [1.54, 1.807) is 24.3 Å². The fraction of sp³-hybridized carbons (Fsp3) is 0.0435. The van der Waals surface area contributed by atoms with E-state index < -0.39 is 0 Å². The number of rotatable bonds is 5. The number of aliphatic hydroxyl groups excluding tert-OH is 1. The highest BCUT2D eigenvalue weighted by Crippen LogP contribution is 2.24. The maximum Gasteiger partial charge on any atom is 0.257 e. The monoisotopic (exact) mass is 369 g/mol. The molecule has 4 aromatic rings. The zero-order valence-electron chi connectivity index (χ0n) is 15.1. The lowest BCUT2D eigenvalue weighted by Crippen LogP contribution is -2.15. The molecule has 0 unspecified atom stereocenters. The van der Waals surface area contributed by atoms with Gasteiger partial charge in [-0.3, -0.25) is 14.7 Å². The lowest BCUT2D eigenvalue weighted by atomic mass is 10.1. The van der Waals surface area contributed by atoms with E-state index in [1.165, 1.54) is 0 Å². The van der Waals surface area contributed by atoms with Gasteiger partial charge in [0.1, 0.15) is 0 Å². The van der Waals surface area contributed by atoms with Crippen molar-refractivity contribution in [2.24, 2.45) is 0 Å². The van der Waals surface area contributed by atoms with Crippen LogP contribution in [0.3, 0.4) is 0 Å². The molecule has 5 nitrogen and oxygen atoms in total. The highest BCUT2D eigenvalue weighted by atomic mass is 16.3. The summed E-state index contributed by atoms with van der Waals surface area (Å²) >= 11 is 0. The van der Waals surface area contributed by atoms with Crippen molar-refractivity contribution in [2.45, 2.75) is 6.61 Å². The van der Waals surface area contributed by atoms with Crippen LogP contribution in [0.25, 0.3) is 16.9 Å². The smallest absolute Gasteiger partial charge is 0.257 e. The maximum absolute atomic E-state index is 12.7. The molecule has 0 atom stereocenters. The summed E-state index contributed by atoms with van der Waals surface area (Å²) in [7, 11) is 0. The molecule has 5 heteroatoms. The van der Waals surface area contributed by atoms with Gasteiger partial charge in [0.2, 0.25) is 5.95 Å². The molecule has 0 aliphatic rings. The molecule has 0 radical (unpaired) electrons. The lowest BCUT2D eigenvalue weighted by Gasteiger charge is -2.09. The Kier molecular flexibility index (Phi) is 4.99. The van der Waals surface area contributed by atoms with Gasteiger partial charge in [-0.25, -0.2) is 4.98 Å². The minimum absolute atomic E-state index is 0.0548. The van der Waals surface area contributed by atoms with Crippen LogP contribution in [-0.2, 0) is 6.61 Å². The Morgan fingerprint density at radius 2 is 1.54 bits per heavy atom. The topological polar surface area (TPSA) is 67.2 Å². The number of imidazole rings is 1. The Morgan fingerprint density at radius 3 is 2.18 bits per heavy atom. The van der Waals surface area contributed by atoms with Gasteiger partial charge in [-0.2, -0.15) is 0 Å². The molecule has 1 amide bonds. The van der Waals surface area contributed by atoms with Crippen molar-refractivity contribution in [1.29, 1.82) is 0 Å². The van der Waals surface area contributed by atoms with Crippen molar-refractivity contribution >= 4 is 11.9 Å². The van der Waals surface area contributed by atoms with Gasteiger partial charge in [-0.05, 0) is 29.8 Å². The molecule has 0 fully saturated rings. The first-order chi connectivity index (χ1) is 13.7. The van der Waals surface area contributed by atoms with E-state index in [2.05, 4.69) is 10.3 Å². The highest BCUT2D eigenvalue weighted by molar-refractivity contribution is 6.03. The number of hydrogen-bond donors (Lipinski definition) is 2. The molecule has 1 heterocycles. The quantitative estimate of drug-likeness (QED) is 0.552. The zero-order valence-corrected chi connectivity index (χ0v) is 15.1. The van der Waals surface area contributed by atoms with E-state index in [-0.39, 0.29) is 12.5 Å². The third kappa shape index (κ3) is 3.70. The van der Waals surface area contributed by atoms with Gasteiger partial charge < -0.3 is 5.11 Å². The highest BCUT2D eigenvalue weighted by Gasteiger charge is 2.15. The van der Waals surface area contributed by atoms with Crippen LogP contribution in [0.2, 0.25) is 0 Å². The van der Waals surface area contributed by atoms with E-state index in [0.717, 1.165) is 22.5 Å². The predicted octanol–water partition coefficient (Wildman–Crippen LogP) is 4.28. The molecule has 1 aromatic heterocycles. The van der Waals surface area contributed by atoms with Crippen LogP contribution in [-0.4, -0.2) is 20.6 Å². The van der Waals surface area contributed by atoms with Crippen LogP contribution >= 0.6 is 0 Å². The second-order valence-electron chi connectivity index (χ2n) is 6.33. The Balaban J connectivity index is 1.70. The van der Waals surface area contributed by atoms with Crippen molar-refractivity contribution in [3.8, 4) is 16.9 Å². The summed E-state index contributed by atoms with van der Waals surface area (Å²) in [6.45, 7) is -0.0548. The number of nitrogens with zero attached hydrogens (tertiary/aromatic N) is 2. The van der Waals surface area contributed by atoms with Gasteiger partial charge in [0.15, 0.2) is 0 Å². The van der Waals surface area contributed by atoms with Crippen LogP contribution in [0.1, 0.15) is 15.9 Å². The number of para-hydroxylation sites is 1.